The van der Waals surface area contributed by atoms with Crippen LogP contribution in [-0.4, -0.2) is 30.3 Å². The maximum Gasteiger partial charge on any atom is 0.422 e. The number of rotatable bonds is 5. The van der Waals surface area contributed by atoms with E-state index in [9.17, 15) is 18.0 Å². The standard InChI is InChI=1S/C18H16BrF3N2O3/c19-12-7-14(17(23-9-12)27-10-18(20,21)22)24-16(25)8-15-13-4-2-1-3-11(13)5-6-26-15/h1-4,7,9,15H,5-6,8,10H2,(H,24,25)/t15-/m0/s1. The third kappa shape index (κ3) is 5.43. The zero-order chi connectivity index (χ0) is 19.4. The van der Waals surface area contributed by atoms with Crippen LogP contribution in [0.4, 0.5) is 18.9 Å². The molecule has 1 atom stereocenters. The molecule has 0 bridgehead atoms. The number of aromatic nitrogens is 1. The zero-order valence-corrected chi connectivity index (χ0v) is 15.6. The molecule has 0 radical (unpaired) electrons. The van der Waals surface area contributed by atoms with Crippen molar-refractivity contribution >= 4 is 27.5 Å². The number of hydrogen-bond acceptors (Lipinski definition) is 4. The summed E-state index contributed by atoms with van der Waals surface area (Å²) in [6.45, 7) is -0.989. The number of amides is 1. The summed E-state index contributed by atoms with van der Waals surface area (Å²) >= 11 is 3.18. The number of pyridine rings is 1. The topological polar surface area (TPSA) is 60.5 Å². The molecular formula is C18H16BrF3N2O3. The molecule has 1 aromatic heterocycles. The van der Waals surface area contributed by atoms with E-state index in [0.717, 1.165) is 17.5 Å². The Bertz CT molecular complexity index is 830. The van der Waals surface area contributed by atoms with Crippen molar-refractivity contribution in [2.24, 2.45) is 0 Å². The minimum absolute atomic E-state index is 0.0300. The van der Waals surface area contributed by atoms with Crippen LogP contribution in [0.2, 0.25) is 0 Å². The molecule has 0 unspecified atom stereocenters. The quantitative estimate of drug-likeness (QED) is 0.740. The van der Waals surface area contributed by atoms with Crippen LogP contribution < -0.4 is 10.1 Å². The molecule has 0 fully saturated rings. The van der Waals surface area contributed by atoms with Crippen LogP contribution in [0.5, 0.6) is 5.88 Å². The molecule has 144 valence electrons. The SMILES string of the molecule is O=C(C[C@@H]1OCCc2ccccc21)Nc1cc(Br)cnc1OCC(F)(F)F. The second-order valence-electron chi connectivity index (χ2n) is 5.97. The van der Waals surface area contributed by atoms with E-state index in [1.807, 2.05) is 24.3 Å². The normalized spacial score (nSPS) is 16.5. The van der Waals surface area contributed by atoms with Crippen LogP contribution >= 0.6 is 15.9 Å². The first-order valence-electron chi connectivity index (χ1n) is 8.16. The Balaban J connectivity index is 1.70. The summed E-state index contributed by atoms with van der Waals surface area (Å²) in [5, 5.41) is 2.56. The van der Waals surface area contributed by atoms with Crippen molar-refractivity contribution in [2.45, 2.75) is 25.1 Å². The number of fused-ring (bicyclic) bond motifs is 1. The Hall–Kier alpha value is -2.13. The van der Waals surface area contributed by atoms with Gasteiger partial charge in [-0.1, -0.05) is 24.3 Å². The summed E-state index contributed by atoms with van der Waals surface area (Å²) in [5.41, 5.74) is 2.13. The van der Waals surface area contributed by atoms with Crippen molar-refractivity contribution in [3.8, 4) is 5.88 Å². The fraction of sp³-hybridized carbons (Fsp3) is 0.333. The Kier molecular flexibility index (Phi) is 6.01. The highest BCUT2D eigenvalue weighted by Crippen LogP contribution is 2.31. The number of carbonyl (C=O) groups is 1. The average molecular weight is 445 g/mol. The monoisotopic (exact) mass is 444 g/mol. The summed E-state index contributed by atoms with van der Waals surface area (Å²) in [6, 6.07) is 9.14. The highest BCUT2D eigenvalue weighted by molar-refractivity contribution is 9.10. The largest absolute Gasteiger partial charge is 0.467 e. The van der Waals surface area contributed by atoms with Crippen LogP contribution in [0.1, 0.15) is 23.7 Å². The minimum atomic E-state index is -4.50. The molecule has 1 amide bonds. The van der Waals surface area contributed by atoms with E-state index in [-0.39, 0.29) is 18.0 Å². The number of nitrogens with zero attached hydrogens (tertiary/aromatic N) is 1. The molecule has 1 N–H and O–H groups in total. The molecule has 0 saturated heterocycles. The number of carbonyl (C=O) groups excluding carboxylic acids is 1. The van der Waals surface area contributed by atoms with Gasteiger partial charge in [0.15, 0.2) is 6.61 Å². The van der Waals surface area contributed by atoms with E-state index in [4.69, 9.17) is 9.47 Å². The average Bonchev–Trinajstić information content (AvgIpc) is 2.60. The van der Waals surface area contributed by atoms with Gasteiger partial charge in [-0.15, -0.1) is 0 Å². The third-order valence-electron chi connectivity index (χ3n) is 3.93. The van der Waals surface area contributed by atoms with Crippen molar-refractivity contribution in [1.29, 1.82) is 0 Å². The molecule has 1 aliphatic rings. The number of hydrogen-bond donors (Lipinski definition) is 1. The number of alkyl halides is 3. The summed E-state index contributed by atoms with van der Waals surface area (Å²) in [5.74, 6) is -0.706. The minimum Gasteiger partial charge on any atom is -0.467 e. The lowest BCUT2D eigenvalue weighted by Crippen LogP contribution is -2.23. The van der Waals surface area contributed by atoms with Gasteiger partial charge >= 0.3 is 6.18 Å². The first kappa shape index (κ1) is 19.6. The number of halogens is 4. The van der Waals surface area contributed by atoms with E-state index in [0.29, 0.717) is 11.1 Å². The van der Waals surface area contributed by atoms with Gasteiger partial charge in [0.25, 0.3) is 0 Å². The summed E-state index contributed by atoms with van der Waals surface area (Å²) in [4.78, 5) is 16.2. The summed E-state index contributed by atoms with van der Waals surface area (Å²) < 4.78 is 48.1. The fourth-order valence-electron chi connectivity index (χ4n) is 2.80. The molecular weight excluding hydrogens is 429 g/mol. The van der Waals surface area contributed by atoms with Crippen LogP contribution in [0.15, 0.2) is 41.0 Å². The Morgan fingerprint density at radius 1 is 1.37 bits per heavy atom. The highest BCUT2D eigenvalue weighted by atomic mass is 79.9. The third-order valence-corrected chi connectivity index (χ3v) is 4.36. The highest BCUT2D eigenvalue weighted by Gasteiger charge is 2.29. The Morgan fingerprint density at radius 2 is 2.15 bits per heavy atom. The molecule has 9 heteroatoms. The van der Waals surface area contributed by atoms with Gasteiger partial charge in [-0.05, 0) is 39.5 Å². The zero-order valence-electron chi connectivity index (χ0n) is 14.1. The first-order valence-corrected chi connectivity index (χ1v) is 8.95. The molecule has 1 aliphatic heterocycles. The van der Waals surface area contributed by atoms with Crippen molar-refractivity contribution in [2.75, 3.05) is 18.5 Å². The van der Waals surface area contributed by atoms with Crippen LogP contribution in [-0.2, 0) is 16.0 Å². The van der Waals surface area contributed by atoms with Crippen molar-refractivity contribution in [3.05, 3.63) is 52.1 Å². The van der Waals surface area contributed by atoms with Crippen molar-refractivity contribution < 1.29 is 27.4 Å². The lowest BCUT2D eigenvalue weighted by Gasteiger charge is -2.25. The number of benzene rings is 1. The predicted molar refractivity (Wildman–Crippen MR) is 95.6 cm³/mol. The van der Waals surface area contributed by atoms with E-state index in [1.54, 1.807) is 0 Å². The predicted octanol–water partition coefficient (Wildman–Crippen LogP) is 4.43. The van der Waals surface area contributed by atoms with E-state index in [1.165, 1.54) is 12.3 Å². The number of nitrogens with one attached hydrogen (secondary N) is 1. The molecule has 0 aliphatic carbocycles. The molecule has 0 saturated carbocycles. The molecule has 3 rings (SSSR count). The maximum absolute atomic E-state index is 12.4. The lowest BCUT2D eigenvalue weighted by molar-refractivity contribution is -0.153. The van der Waals surface area contributed by atoms with Crippen LogP contribution in [0, 0.1) is 0 Å². The van der Waals surface area contributed by atoms with Crippen molar-refractivity contribution in [1.82, 2.24) is 4.98 Å². The van der Waals surface area contributed by atoms with Gasteiger partial charge in [0.1, 0.15) is 5.69 Å². The second kappa shape index (κ2) is 8.26. The Labute approximate surface area is 162 Å². The maximum atomic E-state index is 12.4. The van der Waals surface area contributed by atoms with Gasteiger partial charge in [-0.25, -0.2) is 4.98 Å². The molecule has 2 aromatic rings. The fourth-order valence-corrected chi connectivity index (χ4v) is 3.13. The van der Waals surface area contributed by atoms with E-state index >= 15 is 0 Å². The van der Waals surface area contributed by atoms with Gasteiger partial charge in [-0.2, -0.15) is 13.2 Å². The first-order chi connectivity index (χ1) is 12.8. The molecule has 5 nitrogen and oxygen atoms in total. The number of ether oxygens (including phenoxy) is 2. The lowest BCUT2D eigenvalue weighted by atomic mass is 9.95. The van der Waals surface area contributed by atoms with Crippen LogP contribution in [0.3, 0.4) is 0 Å². The van der Waals surface area contributed by atoms with E-state index in [2.05, 4.69) is 26.2 Å². The van der Waals surface area contributed by atoms with Gasteiger partial charge in [0.2, 0.25) is 11.8 Å². The van der Waals surface area contributed by atoms with Gasteiger partial charge < -0.3 is 14.8 Å². The van der Waals surface area contributed by atoms with Crippen LogP contribution in [0.25, 0.3) is 0 Å². The second-order valence-corrected chi connectivity index (χ2v) is 6.89. The molecule has 27 heavy (non-hydrogen) atoms. The summed E-state index contributed by atoms with van der Waals surface area (Å²) in [7, 11) is 0. The smallest absolute Gasteiger partial charge is 0.422 e. The number of anilines is 1. The van der Waals surface area contributed by atoms with Gasteiger partial charge in [0.05, 0.1) is 19.1 Å². The molecule has 0 spiro atoms. The van der Waals surface area contributed by atoms with Gasteiger partial charge in [-0.3, -0.25) is 4.79 Å². The molecule has 1 aromatic carbocycles. The van der Waals surface area contributed by atoms with E-state index < -0.39 is 24.8 Å². The Morgan fingerprint density at radius 3 is 2.93 bits per heavy atom. The van der Waals surface area contributed by atoms with Gasteiger partial charge in [0, 0.05) is 10.7 Å². The van der Waals surface area contributed by atoms with Crippen molar-refractivity contribution in [3.63, 3.8) is 0 Å². The molecule has 2 heterocycles. The summed E-state index contributed by atoms with van der Waals surface area (Å²) in [6.07, 6.45) is -2.81.